The number of esters is 1. The molecule has 2 aliphatic rings. The van der Waals surface area contributed by atoms with Gasteiger partial charge >= 0.3 is 23.0 Å². The molecule has 4 rings (SSSR count). The van der Waals surface area contributed by atoms with Crippen LogP contribution in [0.25, 0.3) is 0 Å². The number of nitrogens with zero attached hydrogens (tertiary/aromatic N) is 3. The number of benzene rings is 1. The van der Waals surface area contributed by atoms with E-state index < -0.39 is 29.9 Å². The molecule has 0 spiro atoms. The van der Waals surface area contributed by atoms with Gasteiger partial charge in [-0.3, -0.25) is 9.59 Å². The number of carbonyl (C=O) groups is 3. The minimum Gasteiger partial charge on any atom is -0.467 e. The molecule has 0 saturated heterocycles. The van der Waals surface area contributed by atoms with E-state index in [1.807, 2.05) is 102 Å². The van der Waals surface area contributed by atoms with Crippen molar-refractivity contribution in [2.75, 3.05) is 7.11 Å². The van der Waals surface area contributed by atoms with Crippen molar-refractivity contribution in [2.24, 2.45) is 5.92 Å². The van der Waals surface area contributed by atoms with Crippen molar-refractivity contribution >= 4 is 17.8 Å². The molecule has 10 radical (unpaired) electrons. The first-order valence-corrected chi connectivity index (χ1v) is 12.4. The zero-order valence-electron chi connectivity index (χ0n) is 22.1. The van der Waals surface area contributed by atoms with Crippen molar-refractivity contribution in [3.8, 4) is 0 Å². The van der Waals surface area contributed by atoms with Crippen LogP contribution in [0, 0.1) is 69.6 Å². The molecule has 39 heavy (non-hydrogen) atoms. The Morgan fingerprint density at radius 2 is 1.54 bits per heavy atom. The summed E-state index contributed by atoms with van der Waals surface area (Å²) in [6.07, 6.45) is 19.5. The minimum absolute atomic E-state index is 0. The summed E-state index contributed by atoms with van der Waals surface area (Å²) >= 11 is 0. The number of nitrogens with one attached hydrogen (secondary N) is 2. The van der Waals surface area contributed by atoms with Crippen LogP contribution in [0.2, 0.25) is 0 Å². The van der Waals surface area contributed by atoms with Crippen LogP contribution in [-0.2, 0) is 49.2 Å². The smallest absolute Gasteiger partial charge is 0.467 e. The third-order valence-electron chi connectivity index (χ3n) is 5.71. The Morgan fingerprint density at radius 3 is 2.10 bits per heavy atom. The van der Waals surface area contributed by atoms with Gasteiger partial charge in [0.1, 0.15) is 18.6 Å². The van der Waals surface area contributed by atoms with E-state index in [0.717, 1.165) is 11.5 Å². The monoisotopic (exact) mass is 571 g/mol. The van der Waals surface area contributed by atoms with E-state index in [-0.39, 0.29) is 36.0 Å². The Bertz CT molecular complexity index is 1010. The largest absolute Gasteiger partial charge is 2.00 e. The molecule has 2 aromatic rings. The minimum atomic E-state index is -0.885. The molecule has 0 aliphatic heterocycles. The number of hydrogen-bond donors (Lipinski definition) is 2. The van der Waals surface area contributed by atoms with Gasteiger partial charge in [-0.05, 0) is 69.3 Å². The van der Waals surface area contributed by atoms with E-state index in [0.29, 0.717) is 5.69 Å². The Kier molecular flexibility index (Phi) is 14.2. The van der Waals surface area contributed by atoms with Crippen LogP contribution < -0.4 is 10.6 Å². The molecule has 10 heteroatoms. The predicted molar refractivity (Wildman–Crippen MR) is 142 cm³/mol. The van der Waals surface area contributed by atoms with Crippen molar-refractivity contribution in [2.45, 2.75) is 38.9 Å². The van der Waals surface area contributed by atoms with Crippen molar-refractivity contribution in [3.63, 3.8) is 0 Å². The molecular weight excluding hydrogens is 538 g/mol. The summed E-state index contributed by atoms with van der Waals surface area (Å²) in [4.78, 5) is 37.9. The second-order valence-electron chi connectivity index (χ2n) is 9.00. The fourth-order valence-corrected chi connectivity index (χ4v) is 3.70. The van der Waals surface area contributed by atoms with Crippen molar-refractivity contribution < 1.29 is 36.2 Å². The van der Waals surface area contributed by atoms with Crippen LogP contribution in [0.5, 0.6) is 0 Å². The van der Waals surface area contributed by atoms with Gasteiger partial charge in [0.15, 0.2) is 0 Å². The van der Waals surface area contributed by atoms with Crippen LogP contribution >= 0.6 is 0 Å². The molecule has 1 heterocycles. The normalized spacial score (nSPS) is 16.4. The van der Waals surface area contributed by atoms with E-state index in [4.69, 9.17) is 4.74 Å². The third-order valence-corrected chi connectivity index (χ3v) is 5.71. The van der Waals surface area contributed by atoms with Gasteiger partial charge < -0.3 is 15.4 Å². The van der Waals surface area contributed by atoms with Gasteiger partial charge in [0, 0.05) is 18.5 Å². The second-order valence-corrected chi connectivity index (χ2v) is 9.00. The Hall–Kier alpha value is -2.71. The van der Waals surface area contributed by atoms with Crippen LogP contribution in [0.3, 0.4) is 0 Å². The van der Waals surface area contributed by atoms with Gasteiger partial charge in [-0.2, -0.15) is 0 Å². The Balaban J connectivity index is 0.000000797. The van der Waals surface area contributed by atoms with Crippen LogP contribution in [-0.4, -0.2) is 52.0 Å². The number of methoxy groups -OCH3 is 1. The van der Waals surface area contributed by atoms with Gasteiger partial charge in [-0.15, -0.1) is 5.10 Å². The summed E-state index contributed by atoms with van der Waals surface area (Å²) in [5.74, 6) is -0.674. The fourth-order valence-electron chi connectivity index (χ4n) is 3.70. The molecule has 0 unspecified atom stereocenters. The van der Waals surface area contributed by atoms with Gasteiger partial charge in [0.2, 0.25) is 11.8 Å². The molecule has 2 saturated carbocycles. The zero-order chi connectivity index (χ0) is 27.3. The maximum absolute atomic E-state index is 13.1. The number of hydrogen-bond acceptors (Lipinski definition) is 6. The number of ether oxygens (including phenoxy) is 1. The van der Waals surface area contributed by atoms with Crippen LogP contribution in [0.1, 0.15) is 25.1 Å². The summed E-state index contributed by atoms with van der Waals surface area (Å²) in [5.41, 5.74) is 1.53. The van der Waals surface area contributed by atoms with E-state index >= 15 is 0 Å². The predicted octanol–water partition coefficient (Wildman–Crippen LogP) is 2.09. The first-order valence-electron chi connectivity index (χ1n) is 12.4. The average molecular weight is 571 g/mol. The van der Waals surface area contributed by atoms with E-state index in [1.165, 1.54) is 11.8 Å². The second kappa shape index (κ2) is 17.1. The zero-order valence-corrected chi connectivity index (χ0v) is 23.2. The molecule has 1 aromatic carbocycles. The summed E-state index contributed by atoms with van der Waals surface area (Å²) in [6.45, 7) is 3.51. The first-order chi connectivity index (χ1) is 18.4. The molecule has 2 N–H and O–H groups in total. The summed E-state index contributed by atoms with van der Waals surface area (Å²) < 4.78 is 6.22. The van der Waals surface area contributed by atoms with Gasteiger partial charge in [-0.25, -0.2) is 9.48 Å². The molecule has 2 atom stereocenters. The molecular formula is C29H33FeN5O4+2. The third kappa shape index (κ3) is 10.8. The first kappa shape index (κ1) is 32.5. The van der Waals surface area contributed by atoms with Crippen molar-refractivity contribution in [1.29, 1.82) is 0 Å². The SMILES string of the molecule is COC(=O)[C@@H](NC(=O)[C@H](Cc1ccccc1)NC(=O)Cn1cc([C]2[CH][CH][CH][CH]2)nn1)C(C)C.[CH]1[CH][CH][CH][CH]1.[Fe+2]. The molecule has 0 bridgehead atoms. The molecule has 2 fully saturated rings. The number of amides is 2. The van der Waals surface area contributed by atoms with Crippen molar-refractivity contribution in [3.05, 3.63) is 111 Å². The number of rotatable bonds is 10. The van der Waals surface area contributed by atoms with Crippen molar-refractivity contribution in [1.82, 2.24) is 25.6 Å². The van der Waals surface area contributed by atoms with Crippen LogP contribution in [0.4, 0.5) is 0 Å². The molecule has 204 valence electrons. The van der Waals surface area contributed by atoms with Crippen LogP contribution in [0.15, 0.2) is 36.5 Å². The average Bonchev–Trinajstić information content (AvgIpc) is 3.70. The molecule has 2 aliphatic carbocycles. The quantitative estimate of drug-likeness (QED) is 0.334. The molecule has 2 amide bonds. The Morgan fingerprint density at radius 1 is 0.923 bits per heavy atom. The van der Waals surface area contributed by atoms with Gasteiger partial charge in [0.05, 0.1) is 12.8 Å². The van der Waals surface area contributed by atoms with E-state index in [2.05, 4.69) is 20.9 Å². The Labute approximate surface area is 242 Å². The fraction of sp³-hybridized carbons (Fsp3) is 0.276. The summed E-state index contributed by atoms with van der Waals surface area (Å²) in [6, 6.07) is 7.63. The van der Waals surface area contributed by atoms with Gasteiger partial charge in [-0.1, -0.05) is 49.4 Å². The summed E-state index contributed by atoms with van der Waals surface area (Å²) in [7, 11) is 1.27. The number of aromatic nitrogens is 3. The van der Waals surface area contributed by atoms with Gasteiger partial charge in [0.25, 0.3) is 0 Å². The summed E-state index contributed by atoms with van der Waals surface area (Å²) in [5, 5.41) is 13.6. The molecule has 1 aromatic heterocycles. The molecule has 9 nitrogen and oxygen atoms in total. The maximum Gasteiger partial charge on any atom is 2.00 e. The standard InChI is InChI=1S/C24H28N5O4.C5H5.Fe/c1-16(2)22(24(32)33-3)26-23(31)19(13-17-9-5-4-6-10-17)25-21(30)15-29-14-20(27-28-29)18-11-7-8-12-18;1-2-4-5-3-1;/h4-12,14,16,19,22H,13,15H2,1-3H3,(H,25,30)(H,26,31);1-5H;/q;;+2/t19-,22-;;/m0../s1. The topological polar surface area (TPSA) is 115 Å². The number of carbonyl (C=O) groups excluding carboxylic acids is 3. The van der Waals surface area contributed by atoms with E-state index in [1.54, 1.807) is 6.20 Å². The van der Waals surface area contributed by atoms with E-state index in [9.17, 15) is 14.4 Å². The maximum atomic E-state index is 13.1.